The number of carbonyl (C=O) groups is 1. The van der Waals surface area contributed by atoms with Gasteiger partial charge in [0.1, 0.15) is 0 Å². The highest BCUT2D eigenvalue weighted by Gasteiger charge is 2.19. The zero-order chi connectivity index (χ0) is 15.8. The van der Waals surface area contributed by atoms with E-state index in [1.807, 2.05) is 42.5 Å². The Kier molecular flexibility index (Phi) is 6.06. The first-order valence-electron chi connectivity index (χ1n) is 7.21. The van der Waals surface area contributed by atoms with Crippen LogP contribution in [0.2, 0.25) is 0 Å². The summed E-state index contributed by atoms with van der Waals surface area (Å²) in [7, 11) is 1.56. The lowest BCUT2D eigenvalue weighted by Gasteiger charge is -2.21. The molecule has 2 unspecified atom stereocenters. The predicted octanol–water partition coefficient (Wildman–Crippen LogP) is 1.65. The molecule has 3 N–H and O–H groups in total. The lowest BCUT2D eigenvalue weighted by molar-refractivity contribution is -0.123. The second-order valence-corrected chi connectivity index (χ2v) is 5.00. The van der Waals surface area contributed by atoms with Crippen molar-refractivity contribution in [1.82, 2.24) is 10.3 Å². The Hall–Kier alpha value is -2.24. The number of aromatic nitrogens is 1. The molecule has 2 atom stereocenters. The van der Waals surface area contributed by atoms with Crippen LogP contribution in [0.15, 0.2) is 54.9 Å². The fourth-order valence-corrected chi connectivity index (χ4v) is 2.24. The van der Waals surface area contributed by atoms with Gasteiger partial charge in [-0.15, -0.1) is 0 Å². The predicted molar refractivity (Wildman–Crippen MR) is 85.1 cm³/mol. The van der Waals surface area contributed by atoms with Crippen LogP contribution in [0.4, 0.5) is 0 Å². The van der Waals surface area contributed by atoms with Gasteiger partial charge in [-0.25, -0.2) is 0 Å². The summed E-state index contributed by atoms with van der Waals surface area (Å²) in [4.78, 5) is 16.4. The minimum atomic E-state index is -0.273. The minimum absolute atomic E-state index is 0.102. The van der Waals surface area contributed by atoms with E-state index in [2.05, 4.69) is 10.3 Å². The van der Waals surface area contributed by atoms with Crippen molar-refractivity contribution >= 4 is 5.91 Å². The van der Waals surface area contributed by atoms with Gasteiger partial charge in [-0.2, -0.15) is 0 Å². The Balaban J connectivity index is 2.17. The molecule has 22 heavy (non-hydrogen) atoms. The smallest absolute Gasteiger partial charge is 0.223 e. The second kappa shape index (κ2) is 8.26. The van der Waals surface area contributed by atoms with Crippen LogP contribution in [0.3, 0.4) is 0 Å². The summed E-state index contributed by atoms with van der Waals surface area (Å²) in [6, 6.07) is 13.4. The fourth-order valence-electron chi connectivity index (χ4n) is 2.24. The highest BCUT2D eigenvalue weighted by Crippen LogP contribution is 2.21. The third kappa shape index (κ3) is 4.38. The van der Waals surface area contributed by atoms with E-state index in [4.69, 9.17) is 10.5 Å². The van der Waals surface area contributed by atoms with Gasteiger partial charge in [-0.05, 0) is 17.2 Å². The van der Waals surface area contributed by atoms with Crippen LogP contribution in [0.25, 0.3) is 0 Å². The molecule has 116 valence electrons. The zero-order valence-electron chi connectivity index (χ0n) is 12.6. The van der Waals surface area contributed by atoms with Crippen molar-refractivity contribution in [3.05, 3.63) is 66.0 Å². The SMILES string of the molecule is COC(CN)CC(=O)NC(c1ccccc1)c1cccnc1. The summed E-state index contributed by atoms with van der Waals surface area (Å²) >= 11 is 0. The van der Waals surface area contributed by atoms with E-state index in [0.29, 0.717) is 6.54 Å². The summed E-state index contributed by atoms with van der Waals surface area (Å²) in [5.41, 5.74) is 7.51. The van der Waals surface area contributed by atoms with E-state index in [-0.39, 0.29) is 24.5 Å². The first-order valence-corrected chi connectivity index (χ1v) is 7.21. The van der Waals surface area contributed by atoms with Gasteiger partial charge in [0, 0.05) is 26.0 Å². The maximum absolute atomic E-state index is 12.3. The van der Waals surface area contributed by atoms with E-state index in [1.165, 1.54) is 0 Å². The molecule has 5 nitrogen and oxygen atoms in total. The normalized spacial score (nSPS) is 13.4. The number of rotatable bonds is 7. The molecule has 0 radical (unpaired) electrons. The summed E-state index contributed by atoms with van der Waals surface area (Å²) in [5.74, 6) is -0.102. The third-order valence-corrected chi connectivity index (χ3v) is 3.47. The maximum atomic E-state index is 12.3. The van der Waals surface area contributed by atoms with Gasteiger partial charge in [-0.3, -0.25) is 9.78 Å². The second-order valence-electron chi connectivity index (χ2n) is 5.00. The van der Waals surface area contributed by atoms with Gasteiger partial charge in [0.15, 0.2) is 0 Å². The van der Waals surface area contributed by atoms with E-state index in [1.54, 1.807) is 19.5 Å². The van der Waals surface area contributed by atoms with Crippen LogP contribution in [0, 0.1) is 0 Å². The average Bonchev–Trinajstić information content (AvgIpc) is 2.59. The van der Waals surface area contributed by atoms with E-state index in [9.17, 15) is 4.79 Å². The van der Waals surface area contributed by atoms with Gasteiger partial charge in [-0.1, -0.05) is 36.4 Å². The molecule has 0 bridgehead atoms. The minimum Gasteiger partial charge on any atom is -0.380 e. The molecule has 5 heteroatoms. The van der Waals surface area contributed by atoms with Gasteiger partial charge < -0.3 is 15.8 Å². The maximum Gasteiger partial charge on any atom is 0.223 e. The van der Waals surface area contributed by atoms with Gasteiger partial charge in [0.2, 0.25) is 5.91 Å². The molecule has 0 spiro atoms. The van der Waals surface area contributed by atoms with Crippen molar-refractivity contribution in [2.24, 2.45) is 5.73 Å². The number of pyridine rings is 1. The van der Waals surface area contributed by atoms with Crippen molar-refractivity contribution in [2.45, 2.75) is 18.6 Å². The van der Waals surface area contributed by atoms with E-state index < -0.39 is 0 Å². The first-order chi connectivity index (χ1) is 10.7. The number of nitrogens with two attached hydrogens (primary N) is 1. The van der Waals surface area contributed by atoms with Gasteiger partial charge in [0.05, 0.1) is 18.6 Å². The number of nitrogens with one attached hydrogen (secondary N) is 1. The molecule has 0 fully saturated rings. The van der Waals surface area contributed by atoms with Crippen LogP contribution in [-0.4, -0.2) is 30.6 Å². The van der Waals surface area contributed by atoms with E-state index in [0.717, 1.165) is 11.1 Å². The molecule has 0 aliphatic heterocycles. The lowest BCUT2D eigenvalue weighted by atomic mass is 10.00. The van der Waals surface area contributed by atoms with Crippen molar-refractivity contribution in [1.29, 1.82) is 0 Å². The molecule has 0 aliphatic carbocycles. The fraction of sp³-hybridized carbons (Fsp3) is 0.294. The van der Waals surface area contributed by atoms with Crippen molar-refractivity contribution in [3.63, 3.8) is 0 Å². The number of hydrogen-bond donors (Lipinski definition) is 2. The number of benzene rings is 1. The first kappa shape index (κ1) is 16.1. The number of hydrogen-bond acceptors (Lipinski definition) is 4. The summed E-state index contributed by atoms with van der Waals surface area (Å²) in [6.07, 6.45) is 3.43. The number of methoxy groups -OCH3 is 1. The molecule has 1 aromatic carbocycles. The summed E-state index contributed by atoms with van der Waals surface area (Å²) in [5, 5.41) is 3.03. The highest BCUT2D eigenvalue weighted by atomic mass is 16.5. The Morgan fingerprint density at radius 3 is 2.55 bits per heavy atom. The zero-order valence-corrected chi connectivity index (χ0v) is 12.6. The molecule has 2 rings (SSSR count). The molecule has 1 aromatic heterocycles. The average molecular weight is 299 g/mol. The van der Waals surface area contributed by atoms with Gasteiger partial charge in [0.25, 0.3) is 0 Å². The van der Waals surface area contributed by atoms with Crippen molar-refractivity contribution < 1.29 is 9.53 Å². The number of ether oxygens (including phenoxy) is 1. The van der Waals surface area contributed by atoms with E-state index >= 15 is 0 Å². The standard InChI is InChI=1S/C17H21N3O2/c1-22-15(11-18)10-16(21)20-17(13-6-3-2-4-7-13)14-8-5-9-19-12-14/h2-9,12,15,17H,10-11,18H2,1H3,(H,20,21). The van der Waals surface area contributed by atoms with Gasteiger partial charge >= 0.3 is 0 Å². The van der Waals surface area contributed by atoms with Crippen LogP contribution in [0.5, 0.6) is 0 Å². The molecule has 0 aliphatic rings. The molecule has 1 amide bonds. The molecule has 1 heterocycles. The Bertz CT molecular complexity index is 531. The Morgan fingerprint density at radius 2 is 1.95 bits per heavy atom. The third-order valence-electron chi connectivity index (χ3n) is 3.47. The van der Waals surface area contributed by atoms with Crippen LogP contribution in [-0.2, 0) is 9.53 Å². The quantitative estimate of drug-likeness (QED) is 0.815. The van der Waals surface area contributed by atoms with Crippen LogP contribution < -0.4 is 11.1 Å². The van der Waals surface area contributed by atoms with Crippen molar-refractivity contribution in [2.75, 3.05) is 13.7 Å². The Labute approximate surface area is 130 Å². The highest BCUT2D eigenvalue weighted by molar-refractivity contribution is 5.77. The molecule has 2 aromatic rings. The largest absolute Gasteiger partial charge is 0.380 e. The topological polar surface area (TPSA) is 77.2 Å². The monoisotopic (exact) mass is 299 g/mol. The molecular formula is C17H21N3O2. The lowest BCUT2D eigenvalue weighted by Crippen LogP contribution is -2.34. The molecule has 0 saturated carbocycles. The number of amides is 1. The molecule has 0 saturated heterocycles. The number of nitrogens with zero attached hydrogens (tertiary/aromatic N) is 1. The van der Waals surface area contributed by atoms with Crippen molar-refractivity contribution in [3.8, 4) is 0 Å². The number of carbonyl (C=O) groups excluding carboxylic acids is 1. The summed E-state index contributed by atoms with van der Waals surface area (Å²) in [6.45, 7) is 0.312. The van der Waals surface area contributed by atoms with Crippen LogP contribution >= 0.6 is 0 Å². The Morgan fingerprint density at radius 1 is 1.23 bits per heavy atom. The summed E-state index contributed by atoms with van der Waals surface area (Å²) < 4.78 is 5.16. The molecular weight excluding hydrogens is 278 g/mol. The van der Waals surface area contributed by atoms with Crippen LogP contribution in [0.1, 0.15) is 23.6 Å².